The van der Waals surface area contributed by atoms with E-state index in [1.54, 1.807) is 6.07 Å². The van der Waals surface area contributed by atoms with Crippen molar-refractivity contribution in [1.29, 1.82) is 0 Å². The molecule has 0 atom stereocenters. The molecule has 7 rings (SSSR count). The number of anilines is 2. The smallest absolute Gasteiger partial charge is 0.148 e. The van der Waals surface area contributed by atoms with Crippen LogP contribution in [-0.2, 0) is 0 Å². The molecule has 5 nitrogen and oxygen atoms in total. The van der Waals surface area contributed by atoms with Gasteiger partial charge in [0.05, 0.1) is 23.6 Å². The summed E-state index contributed by atoms with van der Waals surface area (Å²) in [6.07, 6.45) is 6.38. The number of phenols is 1. The third kappa shape index (κ3) is 5.93. The normalized spacial score (nSPS) is 12.9. The molecule has 1 aliphatic heterocycles. The van der Waals surface area contributed by atoms with Gasteiger partial charge in [-0.25, -0.2) is 4.98 Å². The summed E-state index contributed by atoms with van der Waals surface area (Å²) in [5.41, 5.74) is 10.8. The van der Waals surface area contributed by atoms with E-state index in [1.807, 2.05) is 24.3 Å². The first-order chi connectivity index (χ1) is 22.9. The van der Waals surface area contributed by atoms with Gasteiger partial charge in [0.1, 0.15) is 11.6 Å². The van der Waals surface area contributed by atoms with Gasteiger partial charge in [0, 0.05) is 35.5 Å². The monoisotopic (exact) mass is 616 g/mol. The maximum Gasteiger partial charge on any atom is 0.148 e. The number of benzene rings is 5. The van der Waals surface area contributed by atoms with Crippen LogP contribution in [0.1, 0.15) is 50.7 Å². The third-order valence-electron chi connectivity index (χ3n) is 8.90. The Hall–Kier alpha value is -5.55. The highest BCUT2D eigenvalue weighted by Crippen LogP contribution is 2.41. The fraction of sp³-hybridized carbons (Fsp3) is 0.167. The molecule has 0 saturated heterocycles. The highest BCUT2D eigenvalue weighted by atomic mass is 16.3. The highest BCUT2D eigenvalue weighted by Gasteiger charge is 2.24. The number of rotatable bonds is 8. The second-order valence-electron chi connectivity index (χ2n) is 12.8. The summed E-state index contributed by atoms with van der Waals surface area (Å²) in [5.74, 6) is 1.44. The van der Waals surface area contributed by atoms with E-state index in [9.17, 15) is 5.11 Å². The van der Waals surface area contributed by atoms with Crippen LogP contribution in [0.25, 0.3) is 39.5 Å². The van der Waals surface area contributed by atoms with Gasteiger partial charge in [0.15, 0.2) is 0 Å². The van der Waals surface area contributed by atoms with Crippen LogP contribution in [0, 0.1) is 0 Å². The molecule has 6 aromatic rings. The topological polar surface area (TPSA) is 44.5 Å². The predicted molar refractivity (Wildman–Crippen MR) is 195 cm³/mol. The van der Waals surface area contributed by atoms with Crippen molar-refractivity contribution in [3.05, 3.63) is 151 Å². The van der Waals surface area contributed by atoms with Crippen LogP contribution < -0.4 is 9.80 Å². The van der Waals surface area contributed by atoms with Gasteiger partial charge in [0.2, 0.25) is 0 Å². The van der Waals surface area contributed by atoms with E-state index in [-0.39, 0.29) is 17.6 Å². The molecule has 0 amide bonds. The van der Waals surface area contributed by atoms with Crippen molar-refractivity contribution >= 4 is 11.4 Å². The molecule has 234 valence electrons. The lowest BCUT2D eigenvalue weighted by molar-refractivity contribution is 0.477. The number of aromatic hydroxyl groups is 1. The Balaban J connectivity index is 1.36. The van der Waals surface area contributed by atoms with Gasteiger partial charge in [-0.2, -0.15) is 0 Å². The van der Waals surface area contributed by atoms with Crippen molar-refractivity contribution in [2.75, 3.05) is 16.5 Å². The molecular weight excluding hydrogens is 576 g/mol. The Morgan fingerprint density at radius 3 is 1.83 bits per heavy atom. The van der Waals surface area contributed by atoms with E-state index in [1.165, 1.54) is 22.3 Å². The maximum absolute atomic E-state index is 11.1. The summed E-state index contributed by atoms with van der Waals surface area (Å²) in [6, 6.07) is 41.7. The Morgan fingerprint density at radius 2 is 1.17 bits per heavy atom. The zero-order chi connectivity index (χ0) is 32.5. The van der Waals surface area contributed by atoms with Gasteiger partial charge in [-0.15, -0.1) is 0 Å². The molecule has 0 radical (unpaired) electrons. The second-order valence-corrected chi connectivity index (χ2v) is 12.8. The molecule has 47 heavy (non-hydrogen) atoms. The van der Waals surface area contributed by atoms with Crippen molar-refractivity contribution in [3.63, 3.8) is 0 Å². The molecule has 2 heterocycles. The Bertz CT molecular complexity index is 2010. The van der Waals surface area contributed by atoms with Crippen LogP contribution in [-0.4, -0.2) is 21.3 Å². The van der Waals surface area contributed by atoms with Gasteiger partial charge in [-0.05, 0) is 82.6 Å². The third-order valence-corrected chi connectivity index (χ3v) is 8.90. The summed E-state index contributed by atoms with van der Waals surface area (Å²) in [5, 5.41) is 11.1. The zero-order valence-electron chi connectivity index (χ0n) is 27.4. The Labute approximate surface area is 277 Å². The number of aromatic nitrogens is 2. The molecule has 1 aromatic heterocycles. The average Bonchev–Trinajstić information content (AvgIpc) is 3.78. The lowest BCUT2D eigenvalue weighted by Crippen LogP contribution is -2.24. The predicted octanol–water partition coefficient (Wildman–Crippen LogP) is 10.6. The van der Waals surface area contributed by atoms with Crippen LogP contribution in [0.4, 0.5) is 11.4 Å². The standard InChI is InChI=1S/C42H40N4O/c1-29(2)37-25-33(31-14-7-5-8-15-31)26-38(30(3)4)41(37)46-27-39(43-42(46)36-20-11-12-21-40(36)47)32-16-13-19-35(24-32)45-23-22-44(28-45)34-17-9-6-10-18-34/h5-27,29-30,47H,28H2,1-4H3. The molecule has 5 heteroatoms. The van der Waals surface area contributed by atoms with Crippen LogP contribution in [0.5, 0.6) is 5.75 Å². The van der Waals surface area contributed by atoms with Crippen molar-refractivity contribution in [2.24, 2.45) is 0 Å². The average molecular weight is 617 g/mol. The molecule has 0 bridgehead atoms. The van der Waals surface area contributed by atoms with Crippen molar-refractivity contribution in [3.8, 4) is 45.2 Å². The van der Waals surface area contributed by atoms with E-state index >= 15 is 0 Å². The molecule has 5 aromatic carbocycles. The summed E-state index contributed by atoms with van der Waals surface area (Å²) in [7, 11) is 0. The van der Waals surface area contributed by atoms with E-state index in [4.69, 9.17) is 4.98 Å². The summed E-state index contributed by atoms with van der Waals surface area (Å²) in [6.45, 7) is 9.73. The van der Waals surface area contributed by atoms with E-state index < -0.39 is 0 Å². The SMILES string of the molecule is CC(C)c1cc(-c2ccccc2)cc(C(C)C)c1-n1cc(-c2cccc(N3C=CN(c4ccccc4)C3)c2)nc1-c1ccccc1O. The summed E-state index contributed by atoms with van der Waals surface area (Å²) < 4.78 is 2.21. The second kappa shape index (κ2) is 12.7. The lowest BCUT2D eigenvalue weighted by atomic mass is 9.88. The zero-order valence-corrected chi connectivity index (χ0v) is 27.4. The molecule has 0 unspecified atom stereocenters. The molecule has 1 N–H and O–H groups in total. The minimum absolute atomic E-state index is 0.209. The van der Waals surface area contributed by atoms with Gasteiger partial charge < -0.3 is 14.9 Å². The van der Waals surface area contributed by atoms with Crippen LogP contribution >= 0.6 is 0 Å². The number of imidazole rings is 1. The minimum Gasteiger partial charge on any atom is -0.507 e. The van der Waals surface area contributed by atoms with Crippen molar-refractivity contribution < 1.29 is 5.11 Å². The van der Waals surface area contributed by atoms with E-state index in [0.29, 0.717) is 5.56 Å². The first-order valence-corrected chi connectivity index (χ1v) is 16.4. The Kier molecular flexibility index (Phi) is 8.13. The molecule has 1 aliphatic rings. The maximum atomic E-state index is 11.1. The van der Waals surface area contributed by atoms with Crippen LogP contribution in [0.15, 0.2) is 140 Å². The fourth-order valence-electron chi connectivity index (χ4n) is 6.40. The van der Waals surface area contributed by atoms with Gasteiger partial charge in [-0.1, -0.05) is 100 Å². The lowest BCUT2D eigenvalue weighted by Gasteiger charge is -2.24. The first kappa shape index (κ1) is 30.1. The molecular formula is C42H40N4O. The molecule has 0 saturated carbocycles. The van der Waals surface area contributed by atoms with Gasteiger partial charge >= 0.3 is 0 Å². The number of hydrogen-bond donors (Lipinski definition) is 1. The van der Waals surface area contributed by atoms with Gasteiger partial charge in [0.25, 0.3) is 0 Å². The first-order valence-electron chi connectivity index (χ1n) is 16.4. The number of phenolic OH excluding ortho intramolecular Hbond substituents is 1. The van der Waals surface area contributed by atoms with E-state index in [2.05, 4.69) is 152 Å². The number of hydrogen-bond acceptors (Lipinski definition) is 4. The summed E-state index contributed by atoms with van der Waals surface area (Å²) in [4.78, 5) is 9.73. The quantitative estimate of drug-likeness (QED) is 0.185. The molecule has 0 spiro atoms. The van der Waals surface area contributed by atoms with Gasteiger partial charge in [-0.3, -0.25) is 4.57 Å². The van der Waals surface area contributed by atoms with Crippen molar-refractivity contribution in [1.82, 2.24) is 9.55 Å². The van der Waals surface area contributed by atoms with Crippen LogP contribution in [0.3, 0.4) is 0 Å². The van der Waals surface area contributed by atoms with E-state index in [0.717, 1.165) is 40.8 Å². The fourth-order valence-corrected chi connectivity index (χ4v) is 6.40. The number of para-hydroxylation sites is 2. The Morgan fingerprint density at radius 1 is 0.596 bits per heavy atom. The number of nitrogens with zero attached hydrogens (tertiary/aromatic N) is 4. The molecule has 0 fully saturated rings. The van der Waals surface area contributed by atoms with Crippen molar-refractivity contribution in [2.45, 2.75) is 39.5 Å². The largest absolute Gasteiger partial charge is 0.507 e. The minimum atomic E-state index is 0.209. The van der Waals surface area contributed by atoms with Crippen LogP contribution in [0.2, 0.25) is 0 Å². The summed E-state index contributed by atoms with van der Waals surface area (Å²) >= 11 is 0. The highest BCUT2D eigenvalue weighted by molar-refractivity contribution is 5.76. The molecule has 0 aliphatic carbocycles.